The average molecular weight is 241 g/mol. The van der Waals surface area contributed by atoms with E-state index in [0.29, 0.717) is 10.8 Å². The summed E-state index contributed by atoms with van der Waals surface area (Å²) in [7, 11) is -3.23. The Morgan fingerprint density at radius 2 is 1.62 bits per heavy atom. The third kappa shape index (κ3) is 3.32. The first-order chi connectivity index (χ1) is 7.33. The molecule has 0 saturated carbocycles. The van der Waals surface area contributed by atoms with Gasteiger partial charge in [0.05, 0.1) is 10.6 Å². The fourth-order valence-corrected chi connectivity index (χ4v) is 2.94. The minimum Gasteiger partial charge on any atom is -0.327 e. The summed E-state index contributed by atoms with van der Waals surface area (Å²) in [6.07, 6.45) is 0. The van der Waals surface area contributed by atoms with E-state index in [2.05, 4.69) is 13.8 Å². The molecule has 0 aliphatic carbocycles. The van der Waals surface area contributed by atoms with Crippen molar-refractivity contribution in [2.75, 3.05) is 5.75 Å². The zero-order valence-corrected chi connectivity index (χ0v) is 10.8. The Hall–Kier alpha value is -0.870. The van der Waals surface area contributed by atoms with Crippen LogP contribution in [0.5, 0.6) is 0 Å². The molecule has 1 atom stereocenters. The molecule has 0 radical (unpaired) electrons. The first-order valence-corrected chi connectivity index (χ1v) is 7.06. The number of nitrogens with two attached hydrogens (primary N) is 1. The average Bonchev–Trinajstić information content (AvgIpc) is 2.16. The van der Waals surface area contributed by atoms with E-state index in [-0.39, 0.29) is 11.8 Å². The van der Waals surface area contributed by atoms with Gasteiger partial charge in [-0.05, 0) is 30.5 Å². The Morgan fingerprint density at radius 1 is 1.12 bits per heavy atom. The maximum absolute atomic E-state index is 11.8. The SMILES string of the molecule is CC(N)CS(=O)(=O)c1ccc(C(C)C)cc1. The van der Waals surface area contributed by atoms with E-state index in [9.17, 15) is 8.42 Å². The molecule has 0 spiro atoms. The summed E-state index contributed by atoms with van der Waals surface area (Å²) in [6.45, 7) is 5.84. The highest BCUT2D eigenvalue weighted by Crippen LogP contribution is 2.18. The summed E-state index contributed by atoms with van der Waals surface area (Å²) >= 11 is 0. The topological polar surface area (TPSA) is 60.2 Å². The minimum absolute atomic E-state index is 0.00593. The summed E-state index contributed by atoms with van der Waals surface area (Å²) in [5.74, 6) is 0.402. The fourth-order valence-electron chi connectivity index (χ4n) is 1.50. The van der Waals surface area contributed by atoms with Crippen LogP contribution in [0.1, 0.15) is 32.3 Å². The zero-order valence-electron chi connectivity index (χ0n) is 9.97. The molecule has 0 aromatic heterocycles. The van der Waals surface area contributed by atoms with E-state index in [0.717, 1.165) is 5.56 Å². The first kappa shape index (κ1) is 13.2. The minimum atomic E-state index is -3.23. The van der Waals surface area contributed by atoms with Crippen molar-refractivity contribution in [3.8, 4) is 0 Å². The van der Waals surface area contributed by atoms with Gasteiger partial charge in [-0.2, -0.15) is 0 Å². The van der Waals surface area contributed by atoms with Gasteiger partial charge in [-0.15, -0.1) is 0 Å². The molecular weight excluding hydrogens is 222 g/mol. The van der Waals surface area contributed by atoms with Gasteiger partial charge in [-0.1, -0.05) is 26.0 Å². The fraction of sp³-hybridized carbons (Fsp3) is 0.500. The largest absolute Gasteiger partial charge is 0.327 e. The molecule has 1 aromatic carbocycles. The van der Waals surface area contributed by atoms with Crippen molar-refractivity contribution in [3.63, 3.8) is 0 Å². The van der Waals surface area contributed by atoms with Crippen LogP contribution in [0.2, 0.25) is 0 Å². The van der Waals surface area contributed by atoms with Crippen LogP contribution in [-0.4, -0.2) is 20.2 Å². The molecule has 16 heavy (non-hydrogen) atoms. The lowest BCUT2D eigenvalue weighted by atomic mass is 10.0. The van der Waals surface area contributed by atoms with Crippen LogP contribution >= 0.6 is 0 Å². The van der Waals surface area contributed by atoms with E-state index in [4.69, 9.17) is 5.73 Å². The first-order valence-electron chi connectivity index (χ1n) is 5.41. The highest BCUT2D eigenvalue weighted by molar-refractivity contribution is 7.91. The third-order valence-electron chi connectivity index (χ3n) is 2.39. The van der Waals surface area contributed by atoms with E-state index >= 15 is 0 Å². The van der Waals surface area contributed by atoms with Crippen LogP contribution in [0.4, 0.5) is 0 Å². The van der Waals surface area contributed by atoms with Crippen LogP contribution in [0, 0.1) is 0 Å². The quantitative estimate of drug-likeness (QED) is 0.876. The number of hydrogen-bond acceptors (Lipinski definition) is 3. The predicted molar refractivity (Wildman–Crippen MR) is 66.2 cm³/mol. The van der Waals surface area contributed by atoms with E-state index in [1.54, 1.807) is 19.1 Å². The van der Waals surface area contributed by atoms with Crippen LogP contribution < -0.4 is 5.73 Å². The third-order valence-corrected chi connectivity index (χ3v) is 4.34. The lowest BCUT2D eigenvalue weighted by Gasteiger charge is -2.09. The molecule has 4 heteroatoms. The lowest BCUT2D eigenvalue weighted by Crippen LogP contribution is -2.26. The molecule has 1 unspecified atom stereocenters. The molecule has 0 aliphatic heterocycles. The van der Waals surface area contributed by atoms with Crippen molar-refractivity contribution in [1.82, 2.24) is 0 Å². The molecule has 0 aliphatic rings. The standard InChI is InChI=1S/C12H19NO2S/c1-9(2)11-4-6-12(7-5-11)16(14,15)8-10(3)13/h4-7,9-10H,8,13H2,1-3H3. The maximum atomic E-state index is 11.8. The zero-order chi connectivity index (χ0) is 12.3. The molecule has 2 N–H and O–H groups in total. The number of hydrogen-bond donors (Lipinski definition) is 1. The van der Waals surface area contributed by atoms with Crippen molar-refractivity contribution in [2.45, 2.75) is 37.6 Å². The normalized spacial score (nSPS) is 14.1. The Kier molecular flexibility index (Phi) is 4.10. The molecule has 0 saturated heterocycles. The second-order valence-electron chi connectivity index (χ2n) is 4.48. The van der Waals surface area contributed by atoms with Crippen LogP contribution in [-0.2, 0) is 9.84 Å². The molecule has 0 bridgehead atoms. The van der Waals surface area contributed by atoms with Gasteiger partial charge in [0, 0.05) is 6.04 Å². The highest BCUT2D eigenvalue weighted by Gasteiger charge is 2.16. The van der Waals surface area contributed by atoms with Gasteiger partial charge >= 0.3 is 0 Å². The molecule has 0 amide bonds. The van der Waals surface area contributed by atoms with Gasteiger partial charge in [-0.3, -0.25) is 0 Å². The highest BCUT2D eigenvalue weighted by atomic mass is 32.2. The molecule has 3 nitrogen and oxygen atoms in total. The maximum Gasteiger partial charge on any atom is 0.179 e. The Labute approximate surface area is 97.6 Å². The van der Waals surface area contributed by atoms with Crippen LogP contribution in [0.3, 0.4) is 0 Å². The molecule has 1 aromatic rings. The second kappa shape index (κ2) is 4.97. The van der Waals surface area contributed by atoms with E-state index in [1.807, 2.05) is 12.1 Å². The summed E-state index contributed by atoms with van der Waals surface area (Å²) in [5, 5.41) is 0. The van der Waals surface area contributed by atoms with Gasteiger partial charge in [0.1, 0.15) is 0 Å². The Morgan fingerprint density at radius 3 is 2.00 bits per heavy atom. The van der Waals surface area contributed by atoms with E-state index in [1.165, 1.54) is 0 Å². The second-order valence-corrected chi connectivity index (χ2v) is 6.52. The summed E-state index contributed by atoms with van der Waals surface area (Å²) in [6, 6.07) is 6.70. The smallest absolute Gasteiger partial charge is 0.179 e. The Bertz CT molecular complexity index is 433. The van der Waals surface area contributed by atoms with E-state index < -0.39 is 9.84 Å². The van der Waals surface area contributed by atoms with Gasteiger partial charge in [-0.25, -0.2) is 8.42 Å². The molecule has 1 rings (SSSR count). The van der Waals surface area contributed by atoms with Gasteiger partial charge in [0.15, 0.2) is 9.84 Å². The molecule has 0 fully saturated rings. The number of rotatable bonds is 4. The van der Waals surface area contributed by atoms with Gasteiger partial charge in [0.25, 0.3) is 0 Å². The van der Waals surface area contributed by atoms with Gasteiger partial charge < -0.3 is 5.73 Å². The predicted octanol–water partition coefficient (Wildman–Crippen LogP) is 1.93. The van der Waals surface area contributed by atoms with Crippen molar-refractivity contribution in [1.29, 1.82) is 0 Å². The molecule has 0 heterocycles. The Balaban J connectivity index is 2.98. The molecular formula is C12H19NO2S. The van der Waals surface area contributed by atoms with Crippen molar-refractivity contribution < 1.29 is 8.42 Å². The van der Waals surface area contributed by atoms with Crippen molar-refractivity contribution in [2.24, 2.45) is 5.73 Å². The van der Waals surface area contributed by atoms with Gasteiger partial charge in [0.2, 0.25) is 0 Å². The lowest BCUT2D eigenvalue weighted by molar-refractivity contribution is 0.590. The number of sulfone groups is 1. The summed E-state index contributed by atoms with van der Waals surface area (Å²) in [5.41, 5.74) is 6.65. The monoisotopic (exact) mass is 241 g/mol. The van der Waals surface area contributed by atoms with Crippen molar-refractivity contribution >= 4 is 9.84 Å². The molecule has 90 valence electrons. The summed E-state index contributed by atoms with van der Waals surface area (Å²) in [4.78, 5) is 0.356. The van der Waals surface area contributed by atoms with Crippen LogP contribution in [0.25, 0.3) is 0 Å². The van der Waals surface area contributed by atoms with Crippen LogP contribution in [0.15, 0.2) is 29.2 Å². The number of benzene rings is 1. The van der Waals surface area contributed by atoms with Crippen molar-refractivity contribution in [3.05, 3.63) is 29.8 Å². The summed E-state index contributed by atoms with van der Waals surface area (Å²) < 4.78 is 23.7.